The van der Waals surface area contributed by atoms with Gasteiger partial charge >= 0.3 is 0 Å². The van der Waals surface area contributed by atoms with Crippen LogP contribution in [-0.2, 0) is 9.59 Å². The molecule has 1 saturated heterocycles. The first-order valence-corrected chi connectivity index (χ1v) is 11.1. The summed E-state index contributed by atoms with van der Waals surface area (Å²) in [7, 11) is 0. The van der Waals surface area contributed by atoms with Crippen LogP contribution >= 0.6 is 23.2 Å². The number of carbonyl (C=O) groups is 3. The molecule has 8 heteroatoms. The van der Waals surface area contributed by atoms with Crippen molar-refractivity contribution in [2.45, 2.75) is 32.6 Å². The number of piperidine rings is 1. The van der Waals surface area contributed by atoms with Crippen molar-refractivity contribution in [1.29, 1.82) is 0 Å². The molecule has 1 aliphatic heterocycles. The molecule has 31 heavy (non-hydrogen) atoms. The molecule has 0 aliphatic carbocycles. The molecule has 2 aromatic rings. The topological polar surface area (TPSA) is 69.7 Å². The van der Waals surface area contributed by atoms with Gasteiger partial charge in [0.2, 0.25) is 11.8 Å². The highest BCUT2D eigenvalue weighted by Crippen LogP contribution is 2.25. The van der Waals surface area contributed by atoms with Crippen LogP contribution in [0.5, 0.6) is 0 Å². The zero-order chi connectivity index (χ0) is 22.4. The van der Waals surface area contributed by atoms with Crippen LogP contribution in [-0.4, -0.2) is 42.3 Å². The number of nitrogens with one attached hydrogen (secondary N) is 1. The highest BCUT2D eigenvalue weighted by molar-refractivity contribution is 6.36. The van der Waals surface area contributed by atoms with Crippen molar-refractivity contribution >= 4 is 52.3 Å². The molecule has 6 nitrogen and oxygen atoms in total. The van der Waals surface area contributed by atoms with E-state index in [1.807, 2.05) is 6.92 Å². The van der Waals surface area contributed by atoms with E-state index in [4.69, 9.17) is 23.2 Å². The number of halogens is 2. The summed E-state index contributed by atoms with van der Waals surface area (Å²) in [4.78, 5) is 40.9. The Kier molecular flexibility index (Phi) is 7.93. The summed E-state index contributed by atoms with van der Waals surface area (Å²) in [6.45, 7) is 2.98. The predicted octanol–water partition coefficient (Wildman–Crippen LogP) is 5.00. The number of benzene rings is 2. The van der Waals surface area contributed by atoms with Crippen LogP contribution in [0.15, 0.2) is 42.5 Å². The smallest absolute Gasteiger partial charge is 0.254 e. The average Bonchev–Trinajstić information content (AvgIpc) is 2.75. The van der Waals surface area contributed by atoms with E-state index in [-0.39, 0.29) is 24.3 Å². The van der Waals surface area contributed by atoms with E-state index in [2.05, 4.69) is 5.32 Å². The fraction of sp³-hybridized carbons (Fsp3) is 0.348. The third kappa shape index (κ3) is 5.99. The minimum atomic E-state index is -0.346. The molecule has 0 aromatic heterocycles. The molecular weight excluding hydrogens is 437 g/mol. The largest absolute Gasteiger partial charge is 0.329 e. The normalized spacial score (nSPS) is 13.8. The third-order valence-electron chi connectivity index (χ3n) is 5.07. The highest BCUT2D eigenvalue weighted by Gasteiger charge is 2.22. The maximum absolute atomic E-state index is 13.0. The molecule has 1 fully saturated rings. The number of rotatable bonds is 7. The number of hydrogen-bond donors (Lipinski definition) is 1. The van der Waals surface area contributed by atoms with E-state index >= 15 is 0 Å². The second-order valence-corrected chi connectivity index (χ2v) is 8.29. The lowest BCUT2D eigenvalue weighted by atomic mass is 10.1. The van der Waals surface area contributed by atoms with Crippen LogP contribution in [0.4, 0.5) is 11.4 Å². The van der Waals surface area contributed by atoms with Crippen LogP contribution in [0.2, 0.25) is 10.0 Å². The molecule has 0 spiro atoms. The minimum absolute atomic E-state index is 0.0992. The molecular formula is C23H25Cl2N3O3. The lowest BCUT2D eigenvalue weighted by Crippen LogP contribution is -2.38. The number of amides is 3. The van der Waals surface area contributed by atoms with Gasteiger partial charge in [0, 0.05) is 35.8 Å². The molecule has 3 amide bonds. The standard InChI is InChI=1S/C23H25Cl2N3O3/c1-2-12-27(15-21(29)26-20-11-8-17(24)14-19(20)25)23(31)16-6-9-18(10-7-16)28-13-4-3-5-22(28)30/h6-11,14H,2-5,12-13,15H2,1H3,(H,26,29). The van der Waals surface area contributed by atoms with Crippen LogP contribution in [0.1, 0.15) is 43.0 Å². The molecule has 0 radical (unpaired) electrons. The van der Waals surface area contributed by atoms with Crippen LogP contribution in [0, 0.1) is 0 Å². The minimum Gasteiger partial charge on any atom is -0.329 e. The summed E-state index contributed by atoms with van der Waals surface area (Å²) < 4.78 is 0. The Bertz CT molecular complexity index is 963. The Morgan fingerprint density at radius 1 is 1.10 bits per heavy atom. The summed E-state index contributed by atoms with van der Waals surface area (Å²) in [5.41, 5.74) is 1.70. The third-order valence-corrected chi connectivity index (χ3v) is 5.62. The lowest BCUT2D eigenvalue weighted by molar-refractivity contribution is -0.119. The van der Waals surface area contributed by atoms with Crippen molar-refractivity contribution in [3.05, 3.63) is 58.1 Å². The van der Waals surface area contributed by atoms with Gasteiger partial charge in [-0.15, -0.1) is 0 Å². The molecule has 1 aliphatic rings. The Balaban J connectivity index is 1.68. The van der Waals surface area contributed by atoms with Gasteiger partial charge in [-0.3, -0.25) is 14.4 Å². The lowest BCUT2D eigenvalue weighted by Gasteiger charge is -2.27. The van der Waals surface area contributed by atoms with Gasteiger partial charge in [-0.25, -0.2) is 0 Å². The molecule has 0 bridgehead atoms. The first kappa shape index (κ1) is 23.1. The fourth-order valence-electron chi connectivity index (χ4n) is 3.52. The van der Waals surface area contributed by atoms with Gasteiger partial charge in [-0.2, -0.15) is 0 Å². The maximum atomic E-state index is 13.0. The molecule has 164 valence electrons. The van der Waals surface area contributed by atoms with Crippen molar-refractivity contribution in [3.8, 4) is 0 Å². The second-order valence-electron chi connectivity index (χ2n) is 7.45. The van der Waals surface area contributed by atoms with Gasteiger partial charge < -0.3 is 15.1 Å². The number of nitrogens with zero attached hydrogens (tertiary/aromatic N) is 2. The highest BCUT2D eigenvalue weighted by atomic mass is 35.5. The molecule has 2 aromatic carbocycles. The van der Waals surface area contributed by atoms with Crippen molar-refractivity contribution in [3.63, 3.8) is 0 Å². The summed E-state index contributed by atoms with van der Waals surface area (Å²) in [6, 6.07) is 11.8. The maximum Gasteiger partial charge on any atom is 0.254 e. The predicted molar refractivity (Wildman–Crippen MR) is 124 cm³/mol. The van der Waals surface area contributed by atoms with Crippen molar-refractivity contribution in [2.75, 3.05) is 29.9 Å². The van der Waals surface area contributed by atoms with Crippen molar-refractivity contribution < 1.29 is 14.4 Å². The zero-order valence-electron chi connectivity index (χ0n) is 17.4. The summed E-state index contributed by atoms with van der Waals surface area (Å²) in [6.07, 6.45) is 3.16. The molecule has 3 rings (SSSR count). The second kappa shape index (κ2) is 10.6. The van der Waals surface area contributed by atoms with Crippen LogP contribution in [0.25, 0.3) is 0 Å². The molecule has 0 atom stereocenters. The van der Waals surface area contributed by atoms with E-state index < -0.39 is 0 Å². The fourth-order valence-corrected chi connectivity index (χ4v) is 3.98. The Labute approximate surface area is 192 Å². The van der Waals surface area contributed by atoms with Gasteiger partial charge in [-0.1, -0.05) is 30.1 Å². The van der Waals surface area contributed by atoms with Gasteiger partial charge in [0.1, 0.15) is 6.54 Å². The van der Waals surface area contributed by atoms with E-state index in [1.165, 1.54) is 4.90 Å². The first-order chi connectivity index (χ1) is 14.9. The molecule has 0 saturated carbocycles. The Morgan fingerprint density at radius 2 is 1.84 bits per heavy atom. The van der Waals surface area contributed by atoms with E-state index in [1.54, 1.807) is 47.4 Å². The SMILES string of the molecule is CCCN(CC(=O)Nc1ccc(Cl)cc1Cl)C(=O)c1ccc(N2CCCCC2=O)cc1. The van der Waals surface area contributed by atoms with Crippen molar-refractivity contribution in [2.24, 2.45) is 0 Å². The number of hydrogen-bond acceptors (Lipinski definition) is 3. The number of anilines is 2. The molecule has 1 N–H and O–H groups in total. The first-order valence-electron chi connectivity index (χ1n) is 10.3. The number of carbonyl (C=O) groups excluding carboxylic acids is 3. The molecule has 1 heterocycles. The summed E-state index contributed by atoms with van der Waals surface area (Å²) in [5, 5.41) is 3.53. The summed E-state index contributed by atoms with van der Waals surface area (Å²) in [5.74, 6) is -0.479. The Hall–Kier alpha value is -2.57. The van der Waals surface area contributed by atoms with E-state index in [0.717, 1.165) is 18.5 Å². The average molecular weight is 462 g/mol. The van der Waals surface area contributed by atoms with Gasteiger partial charge in [-0.05, 0) is 61.7 Å². The zero-order valence-corrected chi connectivity index (χ0v) is 18.9. The quantitative estimate of drug-likeness (QED) is 0.630. The Morgan fingerprint density at radius 3 is 2.48 bits per heavy atom. The van der Waals surface area contributed by atoms with Crippen LogP contribution in [0.3, 0.4) is 0 Å². The molecule has 0 unspecified atom stereocenters. The van der Waals surface area contributed by atoms with Gasteiger partial charge in [0.15, 0.2) is 0 Å². The van der Waals surface area contributed by atoms with Gasteiger partial charge in [0.25, 0.3) is 5.91 Å². The van der Waals surface area contributed by atoms with Crippen LogP contribution < -0.4 is 10.2 Å². The van der Waals surface area contributed by atoms with E-state index in [0.29, 0.717) is 47.2 Å². The van der Waals surface area contributed by atoms with Crippen molar-refractivity contribution in [1.82, 2.24) is 4.90 Å². The summed E-state index contributed by atoms with van der Waals surface area (Å²) >= 11 is 12.0. The van der Waals surface area contributed by atoms with E-state index in [9.17, 15) is 14.4 Å². The monoisotopic (exact) mass is 461 g/mol. The van der Waals surface area contributed by atoms with Gasteiger partial charge in [0.05, 0.1) is 10.7 Å².